The van der Waals surface area contributed by atoms with Crippen LogP contribution in [0, 0.1) is 6.92 Å². The number of anilines is 2. The second-order valence-corrected chi connectivity index (χ2v) is 4.98. The smallest absolute Gasteiger partial charge is 0.218 e. The largest absolute Gasteiger partial charge is 0.481 e. The average Bonchev–Trinajstić information content (AvgIpc) is 2.46. The molecule has 2 aromatic rings. The normalized spacial score (nSPS) is 10.4. The van der Waals surface area contributed by atoms with Crippen molar-refractivity contribution in [3.8, 4) is 5.88 Å². The van der Waals surface area contributed by atoms with E-state index in [-0.39, 0.29) is 0 Å². The number of nitrogens with zero attached hydrogens (tertiary/aromatic N) is 3. The van der Waals surface area contributed by atoms with Crippen molar-refractivity contribution in [3.05, 3.63) is 41.7 Å². The second-order valence-electron chi connectivity index (χ2n) is 4.98. The van der Waals surface area contributed by atoms with Crippen LogP contribution >= 0.6 is 0 Å². The molecule has 0 fully saturated rings. The highest BCUT2D eigenvalue weighted by molar-refractivity contribution is 5.45. The molecule has 5 heteroatoms. The van der Waals surface area contributed by atoms with Crippen molar-refractivity contribution < 1.29 is 4.74 Å². The van der Waals surface area contributed by atoms with Crippen molar-refractivity contribution in [2.24, 2.45) is 0 Å². The minimum Gasteiger partial charge on any atom is -0.481 e. The number of aryl methyl sites for hydroxylation is 1. The zero-order valence-electron chi connectivity index (χ0n) is 12.8. The molecule has 0 saturated heterocycles. The third kappa shape index (κ3) is 4.08. The van der Waals surface area contributed by atoms with Crippen molar-refractivity contribution in [3.63, 3.8) is 0 Å². The number of hydrogen-bond acceptors (Lipinski definition) is 5. The summed E-state index contributed by atoms with van der Waals surface area (Å²) in [7, 11) is 1.62. The fraction of sp³-hybridized carbons (Fsp3) is 0.375. The fourth-order valence-electron chi connectivity index (χ4n) is 2.25. The van der Waals surface area contributed by atoms with Gasteiger partial charge in [-0.05, 0) is 31.0 Å². The Bertz CT molecular complexity index is 601. The van der Waals surface area contributed by atoms with Gasteiger partial charge >= 0.3 is 0 Å². The van der Waals surface area contributed by atoms with E-state index in [1.165, 1.54) is 5.56 Å². The Kier molecular flexibility index (Phi) is 4.98. The number of benzene rings is 1. The van der Waals surface area contributed by atoms with Gasteiger partial charge in [-0.25, -0.2) is 4.98 Å². The van der Waals surface area contributed by atoms with Crippen LogP contribution < -0.4 is 15.4 Å². The Morgan fingerprint density at radius 3 is 2.71 bits per heavy atom. The molecule has 0 aliphatic rings. The lowest BCUT2D eigenvalue weighted by molar-refractivity contribution is 0.395. The van der Waals surface area contributed by atoms with Crippen LogP contribution in [0.4, 0.5) is 11.5 Å². The van der Waals surface area contributed by atoms with E-state index in [0.717, 1.165) is 31.0 Å². The molecule has 0 amide bonds. The number of hydrogen-bond donors (Lipinski definition) is 1. The number of rotatable bonds is 6. The Morgan fingerprint density at radius 1 is 1.24 bits per heavy atom. The van der Waals surface area contributed by atoms with E-state index >= 15 is 0 Å². The van der Waals surface area contributed by atoms with Gasteiger partial charge < -0.3 is 15.4 Å². The maximum absolute atomic E-state index is 5.85. The van der Waals surface area contributed by atoms with Crippen molar-refractivity contribution in [2.45, 2.75) is 26.8 Å². The number of aromatic nitrogens is 2. The van der Waals surface area contributed by atoms with Crippen molar-refractivity contribution in [1.82, 2.24) is 9.97 Å². The van der Waals surface area contributed by atoms with E-state index in [1.54, 1.807) is 7.11 Å². The van der Waals surface area contributed by atoms with Gasteiger partial charge in [-0.15, -0.1) is 0 Å². The summed E-state index contributed by atoms with van der Waals surface area (Å²) < 4.78 is 5.24. The first-order chi connectivity index (χ1) is 10.1. The maximum atomic E-state index is 5.85. The zero-order chi connectivity index (χ0) is 15.2. The molecule has 0 radical (unpaired) electrons. The Labute approximate surface area is 125 Å². The molecule has 2 rings (SSSR count). The minimum absolute atomic E-state index is 0.589. The molecule has 0 unspecified atom stereocenters. The molecule has 0 spiro atoms. The maximum Gasteiger partial charge on any atom is 0.218 e. The number of nitrogens with two attached hydrogens (primary N) is 1. The van der Waals surface area contributed by atoms with Crippen LogP contribution in [0.1, 0.15) is 24.7 Å². The lowest BCUT2D eigenvalue weighted by atomic mass is 10.2. The van der Waals surface area contributed by atoms with E-state index in [1.807, 2.05) is 31.2 Å². The zero-order valence-corrected chi connectivity index (χ0v) is 12.8. The van der Waals surface area contributed by atoms with E-state index in [4.69, 9.17) is 10.5 Å². The molecule has 1 aromatic carbocycles. The van der Waals surface area contributed by atoms with Gasteiger partial charge in [0, 0.05) is 24.8 Å². The molecule has 0 atom stereocenters. The number of methoxy groups -OCH3 is 1. The molecule has 1 heterocycles. The molecule has 0 aliphatic carbocycles. The van der Waals surface area contributed by atoms with Crippen molar-refractivity contribution in [2.75, 3.05) is 24.3 Å². The SMILES string of the molecule is CCCN(Cc1cccc(N)c1)c1cc(OC)nc(C)n1. The van der Waals surface area contributed by atoms with E-state index < -0.39 is 0 Å². The summed E-state index contributed by atoms with van der Waals surface area (Å²) in [4.78, 5) is 11.0. The molecule has 5 nitrogen and oxygen atoms in total. The predicted octanol–water partition coefficient (Wildman–Crippen LogP) is 2.79. The second kappa shape index (κ2) is 6.92. The van der Waals surface area contributed by atoms with Crippen LogP contribution in [0.25, 0.3) is 0 Å². The first-order valence-corrected chi connectivity index (χ1v) is 7.11. The van der Waals surface area contributed by atoms with Gasteiger partial charge in [0.15, 0.2) is 0 Å². The van der Waals surface area contributed by atoms with E-state index in [9.17, 15) is 0 Å². The summed E-state index contributed by atoms with van der Waals surface area (Å²) in [5.74, 6) is 2.17. The monoisotopic (exact) mass is 286 g/mol. The van der Waals surface area contributed by atoms with E-state index in [0.29, 0.717) is 11.7 Å². The summed E-state index contributed by atoms with van der Waals surface area (Å²) in [5, 5.41) is 0. The van der Waals surface area contributed by atoms with Crippen LogP contribution in [0.2, 0.25) is 0 Å². The highest BCUT2D eigenvalue weighted by Gasteiger charge is 2.11. The minimum atomic E-state index is 0.589. The van der Waals surface area contributed by atoms with Gasteiger partial charge in [-0.3, -0.25) is 0 Å². The third-order valence-corrected chi connectivity index (χ3v) is 3.15. The summed E-state index contributed by atoms with van der Waals surface area (Å²) in [6.45, 7) is 5.70. The first-order valence-electron chi connectivity index (χ1n) is 7.11. The molecule has 2 N–H and O–H groups in total. The molecular formula is C16H22N4O. The van der Waals surface area contributed by atoms with Gasteiger partial charge in [-0.2, -0.15) is 4.98 Å². The highest BCUT2D eigenvalue weighted by atomic mass is 16.5. The fourth-order valence-corrected chi connectivity index (χ4v) is 2.25. The molecule has 0 aliphatic heterocycles. The standard InChI is InChI=1S/C16H22N4O/c1-4-8-20(11-13-6-5-7-14(17)9-13)15-10-16(21-3)19-12(2)18-15/h5-7,9-10H,4,8,11,17H2,1-3H3. The summed E-state index contributed by atoms with van der Waals surface area (Å²) >= 11 is 0. The lowest BCUT2D eigenvalue weighted by Gasteiger charge is -2.24. The predicted molar refractivity (Wildman–Crippen MR) is 85.5 cm³/mol. The van der Waals surface area contributed by atoms with Crippen molar-refractivity contribution >= 4 is 11.5 Å². The third-order valence-electron chi connectivity index (χ3n) is 3.15. The average molecular weight is 286 g/mol. The van der Waals surface area contributed by atoms with Crippen LogP contribution in [0.3, 0.4) is 0 Å². The van der Waals surface area contributed by atoms with Gasteiger partial charge in [0.1, 0.15) is 11.6 Å². The molecule has 1 aromatic heterocycles. The topological polar surface area (TPSA) is 64.3 Å². The van der Waals surface area contributed by atoms with Gasteiger partial charge in [-0.1, -0.05) is 19.1 Å². The summed E-state index contributed by atoms with van der Waals surface area (Å²) in [5.41, 5.74) is 7.80. The van der Waals surface area contributed by atoms with Crippen LogP contribution in [-0.4, -0.2) is 23.6 Å². The lowest BCUT2D eigenvalue weighted by Crippen LogP contribution is -2.25. The highest BCUT2D eigenvalue weighted by Crippen LogP contribution is 2.20. The first kappa shape index (κ1) is 15.1. The van der Waals surface area contributed by atoms with E-state index in [2.05, 4.69) is 27.9 Å². The molecule has 112 valence electrons. The molecule has 0 saturated carbocycles. The van der Waals surface area contributed by atoms with Crippen LogP contribution in [0.15, 0.2) is 30.3 Å². The number of ether oxygens (including phenoxy) is 1. The number of nitrogen functional groups attached to an aromatic ring is 1. The Hall–Kier alpha value is -2.30. The Balaban J connectivity index is 2.28. The molecule has 21 heavy (non-hydrogen) atoms. The van der Waals surface area contributed by atoms with Gasteiger partial charge in [0.05, 0.1) is 7.11 Å². The van der Waals surface area contributed by atoms with Crippen LogP contribution in [0.5, 0.6) is 5.88 Å². The molecule has 0 bridgehead atoms. The Morgan fingerprint density at radius 2 is 2.05 bits per heavy atom. The van der Waals surface area contributed by atoms with Crippen molar-refractivity contribution in [1.29, 1.82) is 0 Å². The van der Waals surface area contributed by atoms with Crippen LogP contribution in [-0.2, 0) is 6.54 Å². The van der Waals surface area contributed by atoms with Gasteiger partial charge in [0.2, 0.25) is 5.88 Å². The summed E-state index contributed by atoms with van der Waals surface area (Å²) in [6.07, 6.45) is 1.04. The van der Waals surface area contributed by atoms with Gasteiger partial charge in [0.25, 0.3) is 0 Å². The quantitative estimate of drug-likeness (QED) is 0.827. The molecular weight excluding hydrogens is 264 g/mol. The summed E-state index contributed by atoms with van der Waals surface area (Å²) in [6, 6.07) is 9.80.